The molecule has 1 heterocycles. The Labute approximate surface area is 178 Å². The van der Waals surface area contributed by atoms with Gasteiger partial charge < -0.3 is 15.5 Å². The van der Waals surface area contributed by atoms with Gasteiger partial charge in [0.1, 0.15) is 0 Å². The zero-order chi connectivity index (χ0) is 22.1. The van der Waals surface area contributed by atoms with Gasteiger partial charge in [0.05, 0.1) is 11.8 Å². The van der Waals surface area contributed by atoms with Crippen LogP contribution in [0.25, 0.3) is 0 Å². The summed E-state index contributed by atoms with van der Waals surface area (Å²) >= 11 is 0. The Morgan fingerprint density at radius 2 is 1.83 bits per heavy atom. The molecule has 7 atom stereocenters. The average Bonchev–Trinajstić information content (AvgIpc) is 3.00. The second-order valence-electron chi connectivity index (χ2n) is 11.5. The van der Waals surface area contributed by atoms with Crippen LogP contribution in [0.2, 0.25) is 0 Å². The molecule has 3 aliphatic carbocycles. The highest BCUT2D eigenvalue weighted by atomic mass is 16.4. The van der Waals surface area contributed by atoms with Crippen molar-refractivity contribution in [3.8, 4) is 0 Å². The third-order valence-corrected chi connectivity index (χ3v) is 9.13. The fraction of sp³-hybridized carbons (Fsp3) is 0.792. The standard InChI is InChI=1S/C24H35NO5/c1-22(2,3)19(21(29)30)24-10-8-15-14(16(24)5-6-17(24)20(27)28)12-25-18-11-13(26)7-9-23(15,18)4/h11,14-17,19,25H,5-10,12H2,1-4H3,(H,27,28)(H,29,30)/t14-,15+,16+,17-,19?,23-,24-/m1/s1. The number of allylic oxidation sites excluding steroid dienone is 2. The summed E-state index contributed by atoms with van der Waals surface area (Å²) in [6.07, 6.45) is 5.93. The molecule has 0 amide bonds. The molecule has 4 rings (SSSR count). The molecule has 166 valence electrons. The number of carboxylic acids is 2. The van der Waals surface area contributed by atoms with E-state index in [0.29, 0.717) is 31.7 Å². The molecule has 1 unspecified atom stereocenters. The Kier molecular flexibility index (Phi) is 4.87. The van der Waals surface area contributed by atoms with Crippen LogP contribution >= 0.6 is 0 Å². The normalized spacial score (nSPS) is 41.6. The van der Waals surface area contributed by atoms with Gasteiger partial charge >= 0.3 is 11.9 Å². The van der Waals surface area contributed by atoms with Crippen molar-refractivity contribution in [2.75, 3.05) is 6.54 Å². The molecule has 3 fully saturated rings. The number of carboxylic acid groups (broad SMARTS) is 2. The van der Waals surface area contributed by atoms with Crippen LogP contribution in [-0.4, -0.2) is 34.5 Å². The summed E-state index contributed by atoms with van der Waals surface area (Å²) in [6, 6.07) is 0. The Balaban J connectivity index is 1.80. The van der Waals surface area contributed by atoms with E-state index in [1.807, 2.05) is 20.8 Å². The molecule has 0 aromatic heterocycles. The van der Waals surface area contributed by atoms with Crippen LogP contribution in [-0.2, 0) is 14.4 Å². The summed E-state index contributed by atoms with van der Waals surface area (Å²) in [5.41, 5.74) is -0.319. The van der Waals surface area contributed by atoms with Crippen LogP contribution in [0, 0.1) is 45.8 Å². The van der Waals surface area contributed by atoms with Crippen LogP contribution in [0.5, 0.6) is 0 Å². The number of aliphatic carboxylic acids is 2. The topological polar surface area (TPSA) is 104 Å². The van der Waals surface area contributed by atoms with E-state index in [-0.39, 0.29) is 23.0 Å². The van der Waals surface area contributed by atoms with E-state index in [2.05, 4.69) is 12.2 Å². The Hall–Kier alpha value is -1.85. The summed E-state index contributed by atoms with van der Waals surface area (Å²) in [6.45, 7) is 8.76. The Bertz CT molecular complexity index is 811. The third-order valence-electron chi connectivity index (χ3n) is 9.13. The van der Waals surface area contributed by atoms with Gasteiger partial charge in [0.2, 0.25) is 0 Å². The number of piperidine rings is 1. The van der Waals surface area contributed by atoms with Crippen molar-refractivity contribution < 1.29 is 24.6 Å². The van der Waals surface area contributed by atoms with Gasteiger partial charge in [0.15, 0.2) is 5.78 Å². The van der Waals surface area contributed by atoms with Crippen LogP contribution in [0.3, 0.4) is 0 Å². The monoisotopic (exact) mass is 417 g/mol. The van der Waals surface area contributed by atoms with E-state index in [1.165, 1.54) is 0 Å². The van der Waals surface area contributed by atoms with E-state index in [0.717, 1.165) is 25.0 Å². The maximum absolute atomic E-state index is 12.6. The minimum atomic E-state index is -0.863. The molecule has 6 nitrogen and oxygen atoms in total. The van der Waals surface area contributed by atoms with Gasteiger partial charge in [-0.2, -0.15) is 0 Å². The zero-order valence-corrected chi connectivity index (χ0v) is 18.5. The van der Waals surface area contributed by atoms with Crippen molar-refractivity contribution in [2.24, 2.45) is 45.8 Å². The lowest BCUT2D eigenvalue weighted by atomic mass is 9.44. The molecule has 1 aliphatic heterocycles. The summed E-state index contributed by atoms with van der Waals surface area (Å²) < 4.78 is 0. The lowest BCUT2D eigenvalue weighted by Gasteiger charge is -2.60. The number of nitrogens with one attached hydrogen (secondary N) is 1. The molecule has 0 bridgehead atoms. The van der Waals surface area contributed by atoms with Crippen molar-refractivity contribution in [3.05, 3.63) is 11.8 Å². The fourth-order valence-corrected chi connectivity index (χ4v) is 8.19. The van der Waals surface area contributed by atoms with Gasteiger partial charge in [-0.25, -0.2) is 0 Å². The fourth-order valence-electron chi connectivity index (χ4n) is 8.19. The van der Waals surface area contributed by atoms with Crippen molar-refractivity contribution >= 4 is 17.7 Å². The minimum absolute atomic E-state index is 0.0705. The van der Waals surface area contributed by atoms with Gasteiger partial charge in [-0.15, -0.1) is 0 Å². The average molecular weight is 418 g/mol. The predicted molar refractivity (Wildman–Crippen MR) is 112 cm³/mol. The highest BCUT2D eigenvalue weighted by Gasteiger charge is 2.67. The molecule has 4 aliphatic rings. The first-order chi connectivity index (χ1) is 13.9. The maximum atomic E-state index is 12.6. The number of carbonyl (C=O) groups is 3. The van der Waals surface area contributed by atoms with E-state index in [9.17, 15) is 24.6 Å². The lowest BCUT2D eigenvalue weighted by molar-refractivity contribution is -0.175. The summed E-state index contributed by atoms with van der Waals surface area (Å²) in [7, 11) is 0. The summed E-state index contributed by atoms with van der Waals surface area (Å²) in [5.74, 6) is -2.17. The molecule has 3 N–H and O–H groups in total. The molecule has 0 aromatic rings. The van der Waals surface area contributed by atoms with Crippen LogP contribution < -0.4 is 5.32 Å². The minimum Gasteiger partial charge on any atom is -0.481 e. The first kappa shape index (κ1) is 21.4. The first-order valence-corrected chi connectivity index (χ1v) is 11.4. The van der Waals surface area contributed by atoms with Crippen molar-refractivity contribution in [1.29, 1.82) is 0 Å². The predicted octanol–water partition coefficient (Wildman–Crippen LogP) is 3.71. The summed E-state index contributed by atoms with van der Waals surface area (Å²) in [5, 5.41) is 24.0. The van der Waals surface area contributed by atoms with Gasteiger partial charge in [-0.3, -0.25) is 14.4 Å². The number of hydrogen-bond acceptors (Lipinski definition) is 4. The molecular weight excluding hydrogens is 382 g/mol. The number of ketones is 1. The number of hydrogen-bond donors (Lipinski definition) is 3. The second kappa shape index (κ2) is 6.83. The number of rotatable bonds is 3. The molecule has 30 heavy (non-hydrogen) atoms. The molecule has 0 radical (unpaired) electrons. The van der Waals surface area contributed by atoms with Crippen molar-refractivity contribution in [3.63, 3.8) is 0 Å². The molecule has 2 saturated carbocycles. The van der Waals surface area contributed by atoms with Crippen LogP contribution in [0.15, 0.2) is 11.8 Å². The Morgan fingerprint density at radius 3 is 2.43 bits per heavy atom. The smallest absolute Gasteiger partial charge is 0.307 e. The second-order valence-corrected chi connectivity index (χ2v) is 11.5. The Morgan fingerprint density at radius 1 is 1.13 bits per heavy atom. The maximum Gasteiger partial charge on any atom is 0.307 e. The molecule has 6 heteroatoms. The summed E-state index contributed by atoms with van der Waals surface area (Å²) in [4.78, 5) is 36.9. The SMILES string of the molecule is CC(C)(C)C(C(=O)O)[C@]12CC[C@H]3[C@@H](CNC4=CC(=O)CC[C@@]43C)[C@@H]1CC[C@@H]2C(=O)O. The highest BCUT2D eigenvalue weighted by Crippen LogP contribution is 2.68. The van der Waals surface area contributed by atoms with Gasteiger partial charge in [0.25, 0.3) is 0 Å². The van der Waals surface area contributed by atoms with E-state index < -0.39 is 34.6 Å². The number of fused-ring (bicyclic) bond motifs is 5. The van der Waals surface area contributed by atoms with Crippen LogP contribution in [0.4, 0.5) is 0 Å². The molecule has 1 saturated heterocycles. The largest absolute Gasteiger partial charge is 0.481 e. The van der Waals surface area contributed by atoms with E-state index in [4.69, 9.17) is 0 Å². The number of carbonyl (C=O) groups excluding carboxylic acids is 1. The van der Waals surface area contributed by atoms with Crippen LogP contribution in [0.1, 0.15) is 66.2 Å². The first-order valence-electron chi connectivity index (χ1n) is 11.4. The van der Waals surface area contributed by atoms with E-state index in [1.54, 1.807) is 6.08 Å². The highest BCUT2D eigenvalue weighted by molar-refractivity contribution is 5.91. The lowest BCUT2D eigenvalue weighted by Crippen LogP contribution is -2.61. The zero-order valence-electron chi connectivity index (χ0n) is 18.5. The molecule has 0 aromatic carbocycles. The van der Waals surface area contributed by atoms with Crippen molar-refractivity contribution in [2.45, 2.75) is 66.2 Å². The van der Waals surface area contributed by atoms with Crippen molar-refractivity contribution in [1.82, 2.24) is 5.32 Å². The van der Waals surface area contributed by atoms with Gasteiger partial charge in [-0.05, 0) is 55.3 Å². The third kappa shape index (κ3) is 2.85. The molecular formula is C24H35NO5. The van der Waals surface area contributed by atoms with E-state index >= 15 is 0 Å². The van der Waals surface area contributed by atoms with Gasteiger partial charge in [0, 0.05) is 35.6 Å². The quantitative estimate of drug-likeness (QED) is 0.647. The van der Waals surface area contributed by atoms with Gasteiger partial charge in [-0.1, -0.05) is 27.7 Å². The molecule has 0 spiro atoms.